The van der Waals surface area contributed by atoms with Crippen LogP contribution in [-0.2, 0) is 13.1 Å². The highest BCUT2D eigenvalue weighted by Crippen LogP contribution is 2.31. The van der Waals surface area contributed by atoms with Gasteiger partial charge in [-0.1, -0.05) is 35.9 Å². The number of hydrogen-bond donors (Lipinski definition) is 1. The molecule has 1 aromatic heterocycles. The molecule has 0 saturated carbocycles. The number of hydrogen-bond acceptors (Lipinski definition) is 4. The van der Waals surface area contributed by atoms with Gasteiger partial charge in [0.15, 0.2) is 0 Å². The van der Waals surface area contributed by atoms with Crippen LogP contribution in [0.2, 0.25) is 5.02 Å². The topological polar surface area (TPSA) is 73.0 Å². The fourth-order valence-corrected chi connectivity index (χ4v) is 2.93. The van der Waals surface area contributed by atoms with Crippen LogP contribution in [0.25, 0.3) is 0 Å². The highest BCUT2D eigenvalue weighted by Gasteiger charge is 2.13. The molecule has 0 fully saturated rings. The number of aromatic nitrogens is 2. The lowest BCUT2D eigenvalue weighted by Crippen LogP contribution is -2.03. The zero-order valence-electron chi connectivity index (χ0n) is 13.6. The first kappa shape index (κ1) is 17.0. The number of rotatable bonds is 6. The quantitative estimate of drug-likeness (QED) is 0.524. The molecule has 0 aliphatic carbocycles. The third-order valence-corrected chi connectivity index (χ3v) is 4.20. The summed E-state index contributed by atoms with van der Waals surface area (Å²) in [6.45, 7) is 3.17. The molecule has 6 nitrogen and oxygen atoms in total. The Morgan fingerprint density at radius 1 is 1.24 bits per heavy atom. The molecule has 0 saturated heterocycles. The monoisotopic (exact) mass is 356 g/mol. The van der Waals surface area contributed by atoms with Crippen LogP contribution in [0.4, 0.5) is 11.4 Å². The summed E-state index contributed by atoms with van der Waals surface area (Å²) in [4.78, 5) is 14.5. The number of anilines is 1. The number of halogens is 1. The maximum atomic E-state index is 10.9. The Morgan fingerprint density at radius 3 is 2.56 bits per heavy atom. The predicted octanol–water partition coefficient (Wildman–Crippen LogP) is 4.41. The first-order valence-electron chi connectivity index (χ1n) is 7.75. The summed E-state index contributed by atoms with van der Waals surface area (Å²) >= 11 is 6.17. The molecular formula is C18H17ClN4O2. The van der Waals surface area contributed by atoms with Crippen molar-refractivity contribution in [3.63, 3.8) is 0 Å². The molecule has 7 heteroatoms. The van der Waals surface area contributed by atoms with Crippen molar-refractivity contribution in [2.45, 2.75) is 20.0 Å². The standard InChI is InChI=1S/C18H17ClN4O2/c1-13-8-16(23(24)25)9-17(19)18(13)21-10-14-2-4-15(5-3-14)11-22-7-6-20-12-22/h2-9,12,21H,10-11H2,1H3. The number of nitro benzene ring substituents is 1. The van der Waals surface area contributed by atoms with E-state index in [1.807, 2.05) is 22.9 Å². The second-order valence-electron chi connectivity index (χ2n) is 5.78. The average molecular weight is 357 g/mol. The minimum Gasteiger partial charge on any atom is -0.380 e. The fraction of sp³-hybridized carbons (Fsp3) is 0.167. The van der Waals surface area contributed by atoms with Crippen molar-refractivity contribution >= 4 is 23.0 Å². The third kappa shape index (κ3) is 4.16. The largest absolute Gasteiger partial charge is 0.380 e. The molecular weight excluding hydrogens is 340 g/mol. The second-order valence-corrected chi connectivity index (χ2v) is 6.19. The van der Waals surface area contributed by atoms with E-state index in [4.69, 9.17) is 11.6 Å². The van der Waals surface area contributed by atoms with E-state index in [9.17, 15) is 10.1 Å². The minimum atomic E-state index is -0.443. The maximum absolute atomic E-state index is 10.9. The van der Waals surface area contributed by atoms with Crippen LogP contribution in [0.3, 0.4) is 0 Å². The smallest absolute Gasteiger partial charge is 0.271 e. The van der Waals surface area contributed by atoms with Crippen molar-refractivity contribution in [3.8, 4) is 0 Å². The number of benzene rings is 2. The van der Waals surface area contributed by atoms with E-state index < -0.39 is 4.92 Å². The zero-order chi connectivity index (χ0) is 17.8. The second kappa shape index (κ2) is 7.36. The van der Waals surface area contributed by atoms with E-state index in [2.05, 4.69) is 22.4 Å². The van der Waals surface area contributed by atoms with Crippen molar-refractivity contribution in [3.05, 3.63) is 86.9 Å². The number of aryl methyl sites for hydroxylation is 1. The normalized spacial score (nSPS) is 10.6. The lowest BCUT2D eigenvalue weighted by Gasteiger charge is -2.12. The van der Waals surface area contributed by atoms with Crippen molar-refractivity contribution in [2.24, 2.45) is 0 Å². The van der Waals surface area contributed by atoms with E-state index in [-0.39, 0.29) is 5.69 Å². The predicted molar refractivity (Wildman–Crippen MR) is 97.9 cm³/mol. The highest BCUT2D eigenvalue weighted by atomic mass is 35.5. The van der Waals surface area contributed by atoms with Gasteiger partial charge in [-0.05, 0) is 23.6 Å². The van der Waals surface area contributed by atoms with Crippen LogP contribution in [0.5, 0.6) is 0 Å². The lowest BCUT2D eigenvalue weighted by atomic mass is 10.1. The van der Waals surface area contributed by atoms with Crippen molar-refractivity contribution in [1.82, 2.24) is 9.55 Å². The number of nitrogens with zero attached hydrogens (tertiary/aromatic N) is 3. The van der Waals surface area contributed by atoms with Gasteiger partial charge in [0.2, 0.25) is 0 Å². The molecule has 128 valence electrons. The van der Waals surface area contributed by atoms with Crippen LogP contribution >= 0.6 is 11.6 Å². The van der Waals surface area contributed by atoms with E-state index in [1.165, 1.54) is 17.7 Å². The molecule has 0 atom stereocenters. The molecule has 0 spiro atoms. The summed E-state index contributed by atoms with van der Waals surface area (Å²) in [5.41, 5.74) is 3.75. The average Bonchev–Trinajstić information content (AvgIpc) is 3.08. The summed E-state index contributed by atoms with van der Waals surface area (Å²) in [5.74, 6) is 0. The molecule has 3 aromatic rings. The Bertz CT molecular complexity index is 854. The van der Waals surface area contributed by atoms with Crippen LogP contribution in [-0.4, -0.2) is 14.5 Å². The van der Waals surface area contributed by atoms with Crippen LogP contribution in [0.15, 0.2) is 55.1 Å². The third-order valence-electron chi connectivity index (χ3n) is 3.90. The molecule has 0 bridgehead atoms. The molecule has 25 heavy (non-hydrogen) atoms. The van der Waals surface area contributed by atoms with Crippen molar-refractivity contribution in [1.29, 1.82) is 0 Å². The van der Waals surface area contributed by atoms with Crippen LogP contribution in [0.1, 0.15) is 16.7 Å². The minimum absolute atomic E-state index is 0.00287. The summed E-state index contributed by atoms with van der Waals surface area (Å²) in [5, 5.41) is 14.5. The Labute approximate surface area is 150 Å². The molecule has 1 heterocycles. The van der Waals surface area contributed by atoms with Gasteiger partial charge < -0.3 is 9.88 Å². The Balaban J connectivity index is 1.66. The highest BCUT2D eigenvalue weighted by molar-refractivity contribution is 6.33. The first-order chi connectivity index (χ1) is 12.0. The zero-order valence-corrected chi connectivity index (χ0v) is 14.4. The summed E-state index contributed by atoms with van der Waals surface area (Å²) in [7, 11) is 0. The van der Waals surface area contributed by atoms with Gasteiger partial charge in [-0.25, -0.2) is 4.98 Å². The van der Waals surface area contributed by atoms with E-state index >= 15 is 0 Å². The molecule has 3 rings (SSSR count). The molecule has 0 amide bonds. The summed E-state index contributed by atoms with van der Waals surface area (Å²) < 4.78 is 2.01. The first-order valence-corrected chi connectivity index (χ1v) is 8.12. The number of non-ortho nitro benzene ring substituents is 1. The molecule has 0 radical (unpaired) electrons. The van der Waals surface area contributed by atoms with E-state index in [0.29, 0.717) is 11.6 Å². The Morgan fingerprint density at radius 2 is 1.96 bits per heavy atom. The summed E-state index contributed by atoms with van der Waals surface area (Å²) in [6, 6.07) is 11.1. The SMILES string of the molecule is Cc1cc([N+](=O)[O-])cc(Cl)c1NCc1ccc(Cn2ccnc2)cc1. The van der Waals surface area contributed by atoms with Gasteiger partial charge in [-0.3, -0.25) is 10.1 Å². The van der Waals surface area contributed by atoms with Gasteiger partial charge in [0.05, 0.1) is 22.0 Å². The fourth-order valence-electron chi connectivity index (χ4n) is 2.60. The molecule has 0 aliphatic rings. The summed E-state index contributed by atoms with van der Waals surface area (Å²) in [6.07, 6.45) is 5.47. The Kier molecular flexibility index (Phi) is 5.00. The van der Waals surface area contributed by atoms with Gasteiger partial charge in [0.1, 0.15) is 0 Å². The van der Waals surface area contributed by atoms with Gasteiger partial charge in [-0.15, -0.1) is 0 Å². The number of nitrogens with one attached hydrogen (secondary N) is 1. The number of nitro groups is 1. The van der Waals surface area contributed by atoms with Gasteiger partial charge in [0.25, 0.3) is 5.69 Å². The van der Waals surface area contributed by atoms with Gasteiger partial charge >= 0.3 is 0 Å². The van der Waals surface area contributed by atoms with Crippen LogP contribution in [0, 0.1) is 17.0 Å². The molecule has 2 aromatic carbocycles. The van der Waals surface area contributed by atoms with E-state index in [1.54, 1.807) is 19.4 Å². The molecule has 1 N–H and O–H groups in total. The van der Waals surface area contributed by atoms with Crippen LogP contribution < -0.4 is 5.32 Å². The van der Waals surface area contributed by atoms with Gasteiger partial charge in [0, 0.05) is 37.6 Å². The van der Waals surface area contributed by atoms with E-state index in [0.717, 1.165) is 23.4 Å². The molecule has 0 aliphatic heterocycles. The Hall–Kier alpha value is -2.86. The van der Waals surface area contributed by atoms with Gasteiger partial charge in [-0.2, -0.15) is 0 Å². The molecule has 0 unspecified atom stereocenters. The number of imidazole rings is 1. The van der Waals surface area contributed by atoms with Crippen molar-refractivity contribution in [2.75, 3.05) is 5.32 Å². The maximum Gasteiger partial charge on any atom is 0.271 e. The lowest BCUT2D eigenvalue weighted by molar-refractivity contribution is -0.384. The van der Waals surface area contributed by atoms with Crippen molar-refractivity contribution < 1.29 is 4.92 Å².